The van der Waals surface area contributed by atoms with Gasteiger partial charge >= 0.3 is 5.97 Å². The number of carbonyl (C=O) groups is 1. The molecule has 0 aliphatic carbocycles. The molecule has 0 aliphatic rings. The lowest BCUT2D eigenvalue weighted by molar-refractivity contribution is 0.0532. The molecule has 66 valence electrons. The number of halogens is 2. The van der Waals surface area contributed by atoms with E-state index in [1.807, 2.05) is 0 Å². The maximum absolute atomic E-state index is 11.1. The van der Waals surface area contributed by atoms with E-state index in [0.717, 1.165) is 3.79 Å². The molecule has 12 heavy (non-hydrogen) atoms. The molecule has 0 amide bonds. The number of hydrogen-bond acceptors (Lipinski definition) is 3. The molecule has 0 saturated heterocycles. The normalized spacial score (nSPS) is 9.92. The van der Waals surface area contributed by atoms with Crippen LogP contribution in [0, 0.1) is 0 Å². The third-order valence-corrected chi connectivity index (χ3v) is 3.58. The molecule has 0 bridgehead atoms. The molecule has 0 atom stereocenters. The van der Waals surface area contributed by atoms with E-state index in [-0.39, 0.29) is 5.97 Å². The Kier molecular flexibility index (Phi) is 3.55. The molecule has 2 nitrogen and oxygen atoms in total. The Bertz CT molecular complexity index is 278. The average Bonchev–Trinajstić information content (AvgIpc) is 2.33. The molecule has 1 heterocycles. The number of thiophene rings is 1. The molecule has 0 aliphatic heterocycles. The van der Waals surface area contributed by atoms with Crippen LogP contribution < -0.4 is 0 Å². The Morgan fingerprint density at radius 2 is 2.50 bits per heavy atom. The minimum atomic E-state index is -0.324. The van der Waals surface area contributed by atoms with E-state index in [9.17, 15) is 4.79 Å². The third kappa shape index (κ3) is 2.21. The molecule has 0 fully saturated rings. The van der Waals surface area contributed by atoms with Crippen LogP contribution in [0.4, 0.5) is 0 Å². The lowest BCUT2D eigenvalue weighted by atomic mass is 10.5. The van der Waals surface area contributed by atoms with Gasteiger partial charge in [-0.15, -0.1) is 11.3 Å². The van der Waals surface area contributed by atoms with Crippen molar-refractivity contribution in [1.29, 1.82) is 0 Å². The summed E-state index contributed by atoms with van der Waals surface area (Å²) in [5, 5.41) is 0.544. The first-order valence-electron chi connectivity index (χ1n) is 3.27. The first-order chi connectivity index (χ1) is 5.65. The fourth-order valence-corrected chi connectivity index (χ4v) is 2.25. The zero-order chi connectivity index (χ0) is 9.14. The van der Waals surface area contributed by atoms with Crippen LogP contribution in [0.1, 0.15) is 16.6 Å². The summed E-state index contributed by atoms with van der Waals surface area (Å²) in [7, 11) is 0. The molecule has 0 saturated carbocycles. The van der Waals surface area contributed by atoms with Gasteiger partial charge in [0.2, 0.25) is 0 Å². The molecule has 0 aromatic carbocycles. The molecule has 0 unspecified atom stereocenters. The summed E-state index contributed by atoms with van der Waals surface area (Å²) in [5.41, 5.74) is 0. The van der Waals surface area contributed by atoms with Gasteiger partial charge in [-0.2, -0.15) is 0 Å². The maximum atomic E-state index is 11.1. The zero-order valence-corrected chi connectivity index (χ0v) is 9.42. The van der Waals surface area contributed by atoms with Crippen LogP contribution in [-0.2, 0) is 4.74 Å². The van der Waals surface area contributed by atoms with Gasteiger partial charge in [0.25, 0.3) is 0 Å². The largest absolute Gasteiger partial charge is 0.462 e. The van der Waals surface area contributed by atoms with E-state index < -0.39 is 0 Å². The van der Waals surface area contributed by atoms with Crippen LogP contribution in [0.25, 0.3) is 0 Å². The Morgan fingerprint density at radius 1 is 1.83 bits per heavy atom. The van der Waals surface area contributed by atoms with E-state index in [4.69, 9.17) is 16.3 Å². The highest BCUT2D eigenvalue weighted by Gasteiger charge is 2.12. The Hall–Kier alpha value is -0.0600. The van der Waals surface area contributed by atoms with Crippen molar-refractivity contribution in [2.24, 2.45) is 0 Å². The van der Waals surface area contributed by atoms with Crippen molar-refractivity contribution in [3.8, 4) is 0 Å². The molecule has 1 aromatic rings. The van der Waals surface area contributed by atoms with E-state index in [2.05, 4.69) is 15.9 Å². The number of esters is 1. The van der Waals surface area contributed by atoms with Gasteiger partial charge in [-0.1, -0.05) is 11.6 Å². The van der Waals surface area contributed by atoms with Crippen LogP contribution in [0.15, 0.2) is 9.85 Å². The number of ether oxygens (including phenoxy) is 1. The fraction of sp³-hybridized carbons (Fsp3) is 0.286. The van der Waals surface area contributed by atoms with Crippen molar-refractivity contribution in [2.75, 3.05) is 6.61 Å². The predicted octanol–water partition coefficient (Wildman–Crippen LogP) is 3.34. The van der Waals surface area contributed by atoms with Crippen molar-refractivity contribution >= 4 is 44.8 Å². The number of carbonyl (C=O) groups excluding carboxylic acids is 1. The highest BCUT2D eigenvalue weighted by molar-refractivity contribution is 9.11. The standard InChI is InChI=1S/C7H6BrClO2S/c1-2-11-7(10)5-3-4(9)6(8)12-5/h3H,2H2,1H3. The topological polar surface area (TPSA) is 26.3 Å². The van der Waals surface area contributed by atoms with Gasteiger partial charge in [-0.05, 0) is 28.9 Å². The minimum absolute atomic E-state index is 0.324. The first-order valence-corrected chi connectivity index (χ1v) is 5.26. The minimum Gasteiger partial charge on any atom is -0.462 e. The zero-order valence-electron chi connectivity index (χ0n) is 6.27. The van der Waals surface area contributed by atoms with Crippen LogP contribution in [0.5, 0.6) is 0 Å². The lowest BCUT2D eigenvalue weighted by Gasteiger charge is -1.95. The van der Waals surface area contributed by atoms with Crippen LogP contribution in [-0.4, -0.2) is 12.6 Å². The van der Waals surface area contributed by atoms with Gasteiger partial charge in [-0.3, -0.25) is 0 Å². The average molecular weight is 270 g/mol. The molecule has 0 N–H and O–H groups in total. The van der Waals surface area contributed by atoms with E-state index in [0.29, 0.717) is 16.5 Å². The van der Waals surface area contributed by atoms with Crippen molar-refractivity contribution in [3.63, 3.8) is 0 Å². The van der Waals surface area contributed by atoms with Crippen molar-refractivity contribution in [3.05, 3.63) is 19.8 Å². The second-order valence-corrected chi connectivity index (χ2v) is 4.73. The smallest absolute Gasteiger partial charge is 0.348 e. The van der Waals surface area contributed by atoms with Crippen LogP contribution >= 0.6 is 38.9 Å². The summed E-state index contributed by atoms with van der Waals surface area (Å²) in [5.74, 6) is -0.324. The van der Waals surface area contributed by atoms with Gasteiger partial charge in [0.1, 0.15) is 4.88 Å². The predicted molar refractivity (Wildman–Crippen MR) is 53.0 cm³/mol. The molecule has 0 spiro atoms. The molecule has 5 heteroatoms. The van der Waals surface area contributed by atoms with Crippen molar-refractivity contribution in [1.82, 2.24) is 0 Å². The summed E-state index contributed by atoms with van der Waals surface area (Å²) in [6, 6.07) is 1.59. The van der Waals surface area contributed by atoms with Gasteiger partial charge in [0.15, 0.2) is 0 Å². The van der Waals surface area contributed by atoms with Crippen molar-refractivity contribution < 1.29 is 9.53 Å². The van der Waals surface area contributed by atoms with Gasteiger partial charge in [0.05, 0.1) is 15.4 Å². The van der Waals surface area contributed by atoms with Gasteiger partial charge in [-0.25, -0.2) is 4.79 Å². The molecule has 0 radical (unpaired) electrons. The lowest BCUT2D eigenvalue weighted by Crippen LogP contribution is -2.01. The molecular formula is C7H6BrClO2S. The van der Waals surface area contributed by atoms with Gasteiger partial charge < -0.3 is 4.74 Å². The van der Waals surface area contributed by atoms with E-state index >= 15 is 0 Å². The summed E-state index contributed by atoms with van der Waals surface area (Å²) in [4.78, 5) is 11.6. The maximum Gasteiger partial charge on any atom is 0.348 e. The Morgan fingerprint density at radius 3 is 2.92 bits per heavy atom. The number of rotatable bonds is 2. The Balaban J connectivity index is 2.82. The number of hydrogen-bond donors (Lipinski definition) is 0. The monoisotopic (exact) mass is 268 g/mol. The SMILES string of the molecule is CCOC(=O)c1cc(Cl)c(Br)s1. The van der Waals surface area contributed by atoms with Crippen LogP contribution in [0.3, 0.4) is 0 Å². The molecule has 1 rings (SSSR count). The van der Waals surface area contributed by atoms with Crippen molar-refractivity contribution in [2.45, 2.75) is 6.92 Å². The van der Waals surface area contributed by atoms with E-state index in [1.54, 1.807) is 13.0 Å². The van der Waals surface area contributed by atoms with E-state index in [1.165, 1.54) is 11.3 Å². The summed E-state index contributed by atoms with van der Waals surface area (Å²) < 4.78 is 5.54. The highest BCUT2D eigenvalue weighted by atomic mass is 79.9. The summed E-state index contributed by atoms with van der Waals surface area (Å²) in [6.45, 7) is 2.15. The first kappa shape index (κ1) is 10.0. The summed E-state index contributed by atoms with van der Waals surface area (Å²) >= 11 is 10.2. The second kappa shape index (κ2) is 4.25. The fourth-order valence-electron chi connectivity index (χ4n) is 0.649. The van der Waals surface area contributed by atoms with Crippen LogP contribution in [0.2, 0.25) is 5.02 Å². The quantitative estimate of drug-likeness (QED) is 0.770. The molecular weight excluding hydrogens is 263 g/mol. The van der Waals surface area contributed by atoms with Gasteiger partial charge in [0, 0.05) is 0 Å². The molecule has 1 aromatic heterocycles. The Labute approximate surface area is 87.6 Å². The second-order valence-electron chi connectivity index (χ2n) is 1.95. The third-order valence-electron chi connectivity index (χ3n) is 1.12. The highest BCUT2D eigenvalue weighted by Crippen LogP contribution is 2.32. The summed E-state index contributed by atoms with van der Waals surface area (Å²) in [6.07, 6.45) is 0.